The van der Waals surface area contributed by atoms with Crippen LogP contribution < -0.4 is 0 Å². The predicted molar refractivity (Wildman–Crippen MR) is 43.8 cm³/mol. The second-order valence-electron chi connectivity index (χ2n) is 2.17. The first-order valence-corrected chi connectivity index (χ1v) is 3.43. The molecule has 0 heterocycles. The Bertz CT molecular complexity index is 162. The second-order valence-corrected chi connectivity index (χ2v) is 2.17. The fraction of sp³-hybridized carbons (Fsp3) is 0.444. The molecule has 10 heavy (non-hydrogen) atoms. The van der Waals surface area contributed by atoms with Crippen LogP contribution in [0.1, 0.15) is 20.3 Å². The molecule has 1 unspecified atom stereocenters. The third-order valence-corrected chi connectivity index (χ3v) is 1.27. The third kappa shape index (κ3) is 3.29. The van der Waals surface area contributed by atoms with Crippen LogP contribution in [0.3, 0.4) is 0 Å². The summed E-state index contributed by atoms with van der Waals surface area (Å²) in [7, 11) is 0. The average molecular weight is 138 g/mol. The summed E-state index contributed by atoms with van der Waals surface area (Å²) >= 11 is 0. The van der Waals surface area contributed by atoms with Crippen LogP contribution in [0, 0.1) is 0 Å². The van der Waals surface area contributed by atoms with Crippen molar-refractivity contribution in [3.63, 3.8) is 0 Å². The fourth-order valence-corrected chi connectivity index (χ4v) is 0.686. The number of allylic oxidation sites excluding steroid dienone is 1. The van der Waals surface area contributed by atoms with Gasteiger partial charge in [-0.2, -0.15) is 0 Å². The molecule has 0 bridgehead atoms. The van der Waals surface area contributed by atoms with E-state index >= 15 is 0 Å². The SMILES string of the molecule is C=C=CC(O)/C(C)=C/CC. The van der Waals surface area contributed by atoms with E-state index in [-0.39, 0.29) is 0 Å². The van der Waals surface area contributed by atoms with Crippen LogP contribution in [0.15, 0.2) is 30.0 Å². The summed E-state index contributed by atoms with van der Waals surface area (Å²) in [4.78, 5) is 0. The van der Waals surface area contributed by atoms with Gasteiger partial charge in [0, 0.05) is 0 Å². The first-order valence-electron chi connectivity index (χ1n) is 3.43. The highest BCUT2D eigenvalue weighted by molar-refractivity contribution is 5.11. The maximum atomic E-state index is 9.22. The Hall–Kier alpha value is -0.780. The molecule has 0 aromatic carbocycles. The minimum Gasteiger partial charge on any atom is -0.384 e. The van der Waals surface area contributed by atoms with Gasteiger partial charge in [0.25, 0.3) is 0 Å². The molecule has 0 fully saturated rings. The number of aliphatic hydroxyl groups is 1. The molecular weight excluding hydrogens is 124 g/mol. The molecule has 0 amide bonds. The summed E-state index contributed by atoms with van der Waals surface area (Å²) in [6.45, 7) is 7.30. The van der Waals surface area contributed by atoms with Crippen molar-refractivity contribution in [1.82, 2.24) is 0 Å². The van der Waals surface area contributed by atoms with Crippen LogP contribution in [0.2, 0.25) is 0 Å². The topological polar surface area (TPSA) is 20.2 Å². The van der Waals surface area contributed by atoms with Gasteiger partial charge >= 0.3 is 0 Å². The Morgan fingerprint density at radius 1 is 1.80 bits per heavy atom. The normalized spacial score (nSPS) is 14.1. The Morgan fingerprint density at radius 3 is 2.80 bits per heavy atom. The molecule has 1 N–H and O–H groups in total. The number of hydrogen-bond donors (Lipinski definition) is 1. The minimum atomic E-state index is -0.502. The second kappa shape index (κ2) is 5.04. The summed E-state index contributed by atoms with van der Waals surface area (Å²) in [6.07, 6.45) is 3.98. The molecular formula is C9H14O. The zero-order valence-electron chi connectivity index (χ0n) is 6.59. The molecule has 1 atom stereocenters. The van der Waals surface area contributed by atoms with Gasteiger partial charge in [-0.05, 0) is 25.0 Å². The van der Waals surface area contributed by atoms with E-state index < -0.39 is 6.10 Å². The van der Waals surface area contributed by atoms with Gasteiger partial charge in [-0.25, -0.2) is 0 Å². The summed E-state index contributed by atoms with van der Waals surface area (Å²) in [5.74, 6) is 0. The fourth-order valence-electron chi connectivity index (χ4n) is 0.686. The van der Waals surface area contributed by atoms with Gasteiger partial charge < -0.3 is 5.11 Å². The van der Waals surface area contributed by atoms with Crippen LogP contribution in [0.4, 0.5) is 0 Å². The first-order chi connectivity index (χ1) is 4.72. The summed E-state index contributed by atoms with van der Waals surface area (Å²) in [5, 5.41) is 9.22. The number of hydrogen-bond acceptors (Lipinski definition) is 1. The van der Waals surface area contributed by atoms with E-state index in [4.69, 9.17) is 0 Å². The molecule has 0 spiro atoms. The lowest BCUT2D eigenvalue weighted by Crippen LogP contribution is -2.02. The monoisotopic (exact) mass is 138 g/mol. The third-order valence-electron chi connectivity index (χ3n) is 1.27. The molecule has 0 saturated carbocycles. The van der Waals surface area contributed by atoms with Crippen molar-refractivity contribution in [2.45, 2.75) is 26.4 Å². The highest BCUT2D eigenvalue weighted by Gasteiger charge is 1.98. The molecule has 0 aliphatic heterocycles. The number of rotatable bonds is 3. The van der Waals surface area contributed by atoms with E-state index in [2.05, 4.69) is 12.3 Å². The van der Waals surface area contributed by atoms with Crippen LogP contribution in [-0.2, 0) is 0 Å². The number of aliphatic hydroxyl groups excluding tert-OH is 1. The van der Waals surface area contributed by atoms with Crippen LogP contribution in [-0.4, -0.2) is 11.2 Å². The van der Waals surface area contributed by atoms with Gasteiger partial charge in [0.05, 0.1) is 0 Å². The van der Waals surface area contributed by atoms with E-state index in [1.165, 1.54) is 0 Å². The van der Waals surface area contributed by atoms with Crippen LogP contribution >= 0.6 is 0 Å². The zero-order valence-corrected chi connectivity index (χ0v) is 6.59. The van der Waals surface area contributed by atoms with Gasteiger partial charge in [-0.15, -0.1) is 5.73 Å². The maximum Gasteiger partial charge on any atom is 0.100 e. The predicted octanol–water partition coefficient (Wildman–Crippen LogP) is 2.04. The quantitative estimate of drug-likeness (QED) is 0.467. The lowest BCUT2D eigenvalue weighted by molar-refractivity contribution is 0.259. The highest BCUT2D eigenvalue weighted by Crippen LogP contribution is 2.02. The zero-order chi connectivity index (χ0) is 7.98. The van der Waals surface area contributed by atoms with Crippen molar-refractivity contribution in [2.75, 3.05) is 0 Å². The maximum absolute atomic E-state index is 9.22. The van der Waals surface area contributed by atoms with E-state index in [9.17, 15) is 5.11 Å². The smallest absolute Gasteiger partial charge is 0.100 e. The molecule has 0 aromatic rings. The molecule has 1 heteroatoms. The minimum absolute atomic E-state index is 0.502. The molecule has 0 saturated heterocycles. The summed E-state index contributed by atoms with van der Waals surface area (Å²) in [6, 6.07) is 0. The Morgan fingerprint density at radius 2 is 2.40 bits per heavy atom. The van der Waals surface area contributed by atoms with E-state index in [0.29, 0.717) is 0 Å². The molecule has 56 valence electrons. The lowest BCUT2D eigenvalue weighted by atomic mass is 10.1. The highest BCUT2D eigenvalue weighted by atomic mass is 16.3. The van der Waals surface area contributed by atoms with Crippen LogP contribution in [0.5, 0.6) is 0 Å². The molecule has 0 radical (unpaired) electrons. The van der Waals surface area contributed by atoms with Crippen molar-refractivity contribution in [3.05, 3.63) is 30.0 Å². The molecule has 0 aromatic heterocycles. The molecule has 0 rings (SSSR count). The standard InChI is InChI=1S/C9H14O/c1-4-6-8(3)9(10)7-5-2/h6-7,9-10H,2,4H2,1,3H3/b8-6+. The van der Waals surface area contributed by atoms with Crippen molar-refractivity contribution in [3.8, 4) is 0 Å². The van der Waals surface area contributed by atoms with Crippen LogP contribution in [0.25, 0.3) is 0 Å². The molecule has 1 nitrogen and oxygen atoms in total. The molecule has 0 aliphatic rings. The van der Waals surface area contributed by atoms with Crippen molar-refractivity contribution in [2.24, 2.45) is 0 Å². The van der Waals surface area contributed by atoms with E-state index in [0.717, 1.165) is 12.0 Å². The molecule has 0 aliphatic carbocycles. The Balaban J connectivity index is 4.05. The van der Waals surface area contributed by atoms with Crippen molar-refractivity contribution >= 4 is 0 Å². The van der Waals surface area contributed by atoms with E-state index in [1.807, 2.05) is 19.9 Å². The van der Waals surface area contributed by atoms with Gasteiger partial charge in [-0.3, -0.25) is 0 Å². The average Bonchev–Trinajstić information content (AvgIpc) is 1.89. The largest absolute Gasteiger partial charge is 0.384 e. The van der Waals surface area contributed by atoms with Gasteiger partial charge in [0.2, 0.25) is 0 Å². The van der Waals surface area contributed by atoms with Crippen molar-refractivity contribution < 1.29 is 5.11 Å². The Kier molecular flexibility index (Phi) is 4.65. The van der Waals surface area contributed by atoms with Gasteiger partial charge in [0.1, 0.15) is 6.10 Å². The van der Waals surface area contributed by atoms with E-state index in [1.54, 1.807) is 6.08 Å². The summed E-state index contributed by atoms with van der Waals surface area (Å²) < 4.78 is 0. The summed E-state index contributed by atoms with van der Waals surface area (Å²) in [5.41, 5.74) is 3.50. The van der Waals surface area contributed by atoms with Gasteiger partial charge in [0.15, 0.2) is 0 Å². The van der Waals surface area contributed by atoms with Crippen molar-refractivity contribution in [1.29, 1.82) is 0 Å². The Labute approximate surface area is 62.4 Å². The van der Waals surface area contributed by atoms with Gasteiger partial charge in [-0.1, -0.05) is 19.6 Å². The lowest BCUT2D eigenvalue weighted by Gasteiger charge is -2.02. The first kappa shape index (κ1) is 9.22.